The number of halogens is 2. The molecule has 1 aliphatic heterocycles. The minimum atomic E-state index is -0.890. The normalized spacial score (nSPS) is 14.2. The number of amides is 3. The Balaban J connectivity index is 1.51. The van der Waals surface area contributed by atoms with Crippen LogP contribution in [0.25, 0.3) is 5.69 Å². The van der Waals surface area contributed by atoms with Gasteiger partial charge in [0.15, 0.2) is 0 Å². The van der Waals surface area contributed by atoms with E-state index in [0.29, 0.717) is 6.07 Å². The van der Waals surface area contributed by atoms with Gasteiger partial charge < -0.3 is 14.8 Å². The maximum atomic E-state index is 14.2. The lowest BCUT2D eigenvalue weighted by Gasteiger charge is -2.40. The summed E-state index contributed by atoms with van der Waals surface area (Å²) in [6.45, 7) is 5.32. The molecule has 1 aliphatic rings. The van der Waals surface area contributed by atoms with Crippen molar-refractivity contribution in [1.82, 2.24) is 9.47 Å². The van der Waals surface area contributed by atoms with Crippen LogP contribution in [-0.4, -0.2) is 34.0 Å². The molecular formula is C30H28F2N4O2. The number of aromatic nitrogens is 1. The second-order valence-electron chi connectivity index (χ2n) is 9.64. The van der Waals surface area contributed by atoms with Crippen LogP contribution in [0.3, 0.4) is 0 Å². The summed E-state index contributed by atoms with van der Waals surface area (Å²) < 4.78 is 29.6. The topological polar surface area (TPSA) is 57.6 Å². The predicted molar refractivity (Wildman–Crippen MR) is 143 cm³/mol. The molecule has 0 saturated heterocycles. The van der Waals surface area contributed by atoms with Gasteiger partial charge in [-0.25, -0.2) is 13.6 Å². The molecule has 0 fully saturated rings. The lowest BCUT2D eigenvalue weighted by atomic mass is 9.97. The smallest absolute Gasteiger partial charge is 0.316 e. The van der Waals surface area contributed by atoms with Gasteiger partial charge in [-0.1, -0.05) is 42.0 Å². The summed E-state index contributed by atoms with van der Waals surface area (Å²) >= 11 is 0. The van der Waals surface area contributed by atoms with E-state index < -0.39 is 23.7 Å². The van der Waals surface area contributed by atoms with Gasteiger partial charge in [0.25, 0.3) is 0 Å². The third-order valence-electron chi connectivity index (χ3n) is 6.74. The number of para-hydroxylation sites is 2. The van der Waals surface area contributed by atoms with Crippen molar-refractivity contribution in [1.29, 1.82) is 0 Å². The van der Waals surface area contributed by atoms with Crippen LogP contribution < -0.4 is 10.2 Å². The zero-order chi connectivity index (χ0) is 27.0. The van der Waals surface area contributed by atoms with E-state index in [4.69, 9.17) is 0 Å². The molecule has 1 atom stereocenters. The average molecular weight is 515 g/mol. The van der Waals surface area contributed by atoms with Crippen molar-refractivity contribution in [2.24, 2.45) is 0 Å². The Morgan fingerprint density at radius 3 is 2.34 bits per heavy atom. The first kappa shape index (κ1) is 25.2. The molecular weight excluding hydrogens is 486 g/mol. The number of nitrogens with one attached hydrogen (secondary N) is 1. The Kier molecular flexibility index (Phi) is 6.72. The van der Waals surface area contributed by atoms with Crippen molar-refractivity contribution in [3.63, 3.8) is 0 Å². The largest absolute Gasteiger partial charge is 0.322 e. The SMILES string of the molecule is Cc1ccc(C2c3cccn3-c3ccccc3N2C(=O)CN(C(=O)Nc2ccc(F)cc2F)C(C)C)cc1. The van der Waals surface area contributed by atoms with Crippen molar-refractivity contribution in [3.8, 4) is 5.69 Å². The lowest BCUT2D eigenvalue weighted by Crippen LogP contribution is -2.49. The molecule has 1 N–H and O–H groups in total. The monoisotopic (exact) mass is 514 g/mol. The summed E-state index contributed by atoms with van der Waals surface area (Å²) in [5.74, 6) is -1.93. The molecule has 0 saturated carbocycles. The first-order valence-electron chi connectivity index (χ1n) is 12.4. The van der Waals surface area contributed by atoms with Gasteiger partial charge in [-0.15, -0.1) is 0 Å². The Labute approximate surface area is 220 Å². The molecule has 6 nitrogen and oxygen atoms in total. The van der Waals surface area contributed by atoms with E-state index in [-0.39, 0.29) is 24.2 Å². The second-order valence-corrected chi connectivity index (χ2v) is 9.64. The highest BCUT2D eigenvalue weighted by Crippen LogP contribution is 2.42. The number of carbonyl (C=O) groups excluding carboxylic acids is 2. The molecule has 1 unspecified atom stereocenters. The zero-order valence-corrected chi connectivity index (χ0v) is 21.4. The first-order valence-corrected chi connectivity index (χ1v) is 12.4. The Bertz CT molecular complexity index is 1500. The van der Waals surface area contributed by atoms with E-state index in [0.717, 1.165) is 40.3 Å². The molecule has 2 heterocycles. The molecule has 0 radical (unpaired) electrons. The highest BCUT2D eigenvalue weighted by molar-refractivity contribution is 6.01. The van der Waals surface area contributed by atoms with Crippen LogP contribution in [-0.2, 0) is 4.79 Å². The summed E-state index contributed by atoms with van der Waals surface area (Å²) in [5.41, 5.74) is 4.39. The van der Waals surface area contributed by atoms with Crippen LogP contribution >= 0.6 is 0 Å². The van der Waals surface area contributed by atoms with Gasteiger partial charge >= 0.3 is 6.03 Å². The second kappa shape index (κ2) is 10.1. The number of benzene rings is 3. The molecule has 3 aromatic carbocycles. The fourth-order valence-electron chi connectivity index (χ4n) is 4.81. The Morgan fingerprint density at radius 2 is 1.66 bits per heavy atom. The third-order valence-corrected chi connectivity index (χ3v) is 6.74. The van der Waals surface area contributed by atoms with Crippen molar-refractivity contribution in [2.45, 2.75) is 32.9 Å². The summed E-state index contributed by atoms with van der Waals surface area (Å²) in [6, 6.07) is 21.1. The summed E-state index contributed by atoms with van der Waals surface area (Å²) in [4.78, 5) is 30.4. The molecule has 4 aromatic rings. The summed E-state index contributed by atoms with van der Waals surface area (Å²) in [6.07, 6.45) is 1.97. The highest BCUT2D eigenvalue weighted by Gasteiger charge is 2.37. The zero-order valence-electron chi connectivity index (χ0n) is 21.4. The number of aryl methyl sites for hydroxylation is 1. The maximum Gasteiger partial charge on any atom is 0.322 e. The molecule has 3 amide bonds. The third kappa shape index (κ3) is 4.65. The van der Waals surface area contributed by atoms with Gasteiger partial charge in [0.2, 0.25) is 5.91 Å². The minimum absolute atomic E-state index is 0.159. The van der Waals surface area contributed by atoms with Crippen LogP contribution in [0.4, 0.5) is 25.0 Å². The van der Waals surface area contributed by atoms with Crippen molar-refractivity contribution in [3.05, 3.63) is 114 Å². The van der Waals surface area contributed by atoms with Crippen molar-refractivity contribution >= 4 is 23.3 Å². The Hall–Kier alpha value is -4.46. The Morgan fingerprint density at radius 1 is 0.947 bits per heavy atom. The lowest BCUT2D eigenvalue weighted by molar-refractivity contribution is -0.119. The fourth-order valence-corrected chi connectivity index (χ4v) is 4.81. The van der Waals surface area contributed by atoms with Crippen LogP contribution in [0.5, 0.6) is 0 Å². The van der Waals surface area contributed by atoms with Gasteiger partial charge in [-0.05, 0) is 62.7 Å². The van der Waals surface area contributed by atoms with Gasteiger partial charge in [-0.2, -0.15) is 0 Å². The van der Waals surface area contributed by atoms with Crippen LogP contribution in [0.1, 0.15) is 36.7 Å². The van der Waals surface area contributed by atoms with E-state index in [1.165, 1.54) is 4.90 Å². The molecule has 0 bridgehead atoms. The number of rotatable bonds is 5. The molecule has 38 heavy (non-hydrogen) atoms. The summed E-state index contributed by atoms with van der Waals surface area (Å²) in [5, 5.41) is 2.48. The van der Waals surface area contributed by atoms with Gasteiger partial charge in [-0.3, -0.25) is 9.69 Å². The molecule has 1 aromatic heterocycles. The average Bonchev–Trinajstić information content (AvgIpc) is 3.38. The standard InChI is InChI=1S/C30H28F2N4O2/c1-19(2)35(30(38)33-24-15-14-22(31)17-23(24)32)18-28(37)36-26-8-5-4-7-25(26)34-16-6-9-27(34)29(36)21-12-10-20(3)11-13-21/h4-17,19,29H,18H2,1-3H3,(H,33,38). The number of nitrogens with zero attached hydrogens (tertiary/aromatic N) is 3. The number of hydrogen-bond acceptors (Lipinski definition) is 2. The fraction of sp³-hybridized carbons (Fsp3) is 0.200. The minimum Gasteiger partial charge on any atom is -0.316 e. The molecule has 8 heteroatoms. The van der Waals surface area contributed by atoms with Crippen LogP contribution in [0, 0.1) is 18.6 Å². The molecule has 0 spiro atoms. The highest BCUT2D eigenvalue weighted by atomic mass is 19.1. The molecule has 5 rings (SSSR count). The van der Waals surface area contributed by atoms with E-state index in [1.807, 2.05) is 73.8 Å². The van der Waals surface area contributed by atoms with Gasteiger partial charge in [0.1, 0.15) is 24.2 Å². The quantitative estimate of drug-likeness (QED) is 0.333. The molecule has 0 aliphatic carbocycles. The first-order chi connectivity index (χ1) is 18.2. The molecule has 194 valence electrons. The predicted octanol–water partition coefficient (Wildman–Crippen LogP) is 6.44. The number of anilines is 2. The van der Waals surface area contributed by atoms with E-state index >= 15 is 0 Å². The van der Waals surface area contributed by atoms with Gasteiger partial charge in [0, 0.05) is 18.3 Å². The van der Waals surface area contributed by atoms with E-state index in [9.17, 15) is 18.4 Å². The number of carbonyl (C=O) groups is 2. The van der Waals surface area contributed by atoms with E-state index in [1.54, 1.807) is 18.7 Å². The van der Waals surface area contributed by atoms with Crippen molar-refractivity contribution in [2.75, 3.05) is 16.8 Å². The van der Waals surface area contributed by atoms with Crippen LogP contribution in [0.15, 0.2) is 85.1 Å². The van der Waals surface area contributed by atoms with Gasteiger partial charge in [0.05, 0.1) is 22.8 Å². The number of urea groups is 1. The number of hydrogen-bond donors (Lipinski definition) is 1. The van der Waals surface area contributed by atoms with Crippen LogP contribution in [0.2, 0.25) is 0 Å². The summed E-state index contributed by atoms with van der Waals surface area (Å²) in [7, 11) is 0. The maximum absolute atomic E-state index is 14.2. The van der Waals surface area contributed by atoms with Crippen molar-refractivity contribution < 1.29 is 18.4 Å². The van der Waals surface area contributed by atoms with E-state index in [2.05, 4.69) is 9.88 Å². The number of fused-ring (bicyclic) bond motifs is 3.